The Hall–Kier alpha value is -3.49. The van der Waals surface area contributed by atoms with E-state index in [-0.39, 0.29) is 18.0 Å². The van der Waals surface area contributed by atoms with Crippen LogP contribution in [-0.2, 0) is 17.9 Å². The molecule has 0 unspecified atom stereocenters. The highest BCUT2D eigenvalue weighted by molar-refractivity contribution is 5.89. The van der Waals surface area contributed by atoms with Gasteiger partial charge in [-0.2, -0.15) is 10.2 Å². The highest BCUT2D eigenvalue weighted by Crippen LogP contribution is 2.22. The molecule has 0 saturated heterocycles. The number of aryl methyl sites for hydroxylation is 3. The summed E-state index contributed by atoms with van der Waals surface area (Å²) in [6.07, 6.45) is 2.62. The van der Waals surface area contributed by atoms with Crippen molar-refractivity contribution in [3.63, 3.8) is 0 Å². The van der Waals surface area contributed by atoms with Gasteiger partial charge in [0.1, 0.15) is 11.4 Å². The maximum absolute atomic E-state index is 12.2. The van der Waals surface area contributed by atoms with Crippen LogP contribution in [0.15, 0.2) is 36.5 Å². The number of rotatable bonds is 8. The van der Waals surface area contributed by atoms with Crippen LogP contribution in [0.5, 0.6) is 0 Å². The lowest BCUT2D eigenvalue weighted by molar-refractivity contribution is -0.386. The van der Waals surface area contributed by atoms with Crippen LogP contribution in [0.1, 0.15) is 35.4 Å². The van der Waals surface area contributed by atoms with Crippen LogP contribution in [-0.4, -0.2) is 30.4 Å². The van der Waals surface area contributed by atoms with Gasteiger partial charge in [0, 0.05) is 25.2 Å². The van der Waals surface area contributed by atoms with E-state index in [0.29, 0.717) is 36.7 Å². The van der Waals surface area contributed by atoms with E-state index in [9.17, 15) is 14.9 Å². The molecule has 0 aliphatic rings. The number of benzene rings is 1. The normalized spacial score (nSPS) is 10.9. The molecule has 0 saturated carbocycles. The summed E-state index contributed by atoms with van der Waals surface area (Å²) in [7, 11) is 0. The Morgan fingerprint density at radius 3 is 2.52 bits per heavy atom. The third-order valence-electron chi connectivity index (χ3n) is 4.67. The number of nitro groups is 1. The molecule has 9 heteroatoms. The standard InChI is InChI=1S/C20H24N6O3/c1-14-6-8-17(9-7-14)13-24-12-10-18(23-24)21-19(27)5-4-11-25-16(3)20(26(28)29)15(2)22-25/h6-10,12H,4-5,11,13H2,1-3H3,(H,21,23,27). The lowest BCUT2D eigenvalue weighted by atomic mass is 10.1. The van der Waals surface area contributed by atoms with Gasteiger partial charge in [-0.15, -0.1) is 0 Å². The molecule has 3 aromatic rings. The van der Waals surface area contributed by atoms with Gasteiger partial charge in [0.25, 0.3) is 0 Å². The summed E-state index contributed by atoms with van der Waals surface area (Å²) in [4.78, 5) is 22.8. The van der Waals surface area contributed by atoms with Crippen molar-refractivity contribution in [3.05, 3.63) is 69.2 Å². The Bertz CT molecular complexity index is 1020. The zero-order valence-corrected chi connectivity index (χ0v) is 16.8. The van der Waals surface area contributed by atoms with E-state index in [1.807, 2.05) is 13.1 Å². The van der Waals surface area contributed by atoms with Gasteiger partial charge >= 0.3 is 5.69 Å². The Balaban J connectivity index is 1.49. The van der Waals surface area contributed by atoms with Gasteiger partial charge in [-0.05, 0) is 32.8 Å². The summed E-state index contributed by atoms with van der Waals surface area (Å²) in [5.74, 6) is 0.352. The fourth-order valence-corrected chi connectivity index (χ4v) is 3.16. The predicted octanol–water partition coefficient (Wildman–Crippen LogP) is 3.38. The van der Waals surface area contributed by atoms with Crippen molar-refractivity contribution in [2.75, 3.05) is 5.32 Å². The van der Waals surface area contributed by atoms with Crippen molar-refractivity contribution in [3.8, 4) is 0 Å². The molecule has 9 nitrogen and oxygen atoms in total. The van der Waals surface area contributed by atoms with E-state index >= 15 is 0 Å². The monoisotopic (exact) mass is 396 g/mol. The average molecular weight is 396 g/mol. The minimum atomic E-state index is -0.423. The Kier molecular flexibility index (Phi) is 6.06. The van der Waals surface area contributed by atoms with Crippen molar-refractivity contribution >= 4 is 17.4 Å². The molecule has 1 aromatic carbocycles. The Morgan fingerprint density at radius 2 is 1.86 bits per heavy atom. The summed E-state index contributed by atoms with van der Waals surface area (Å²) < 4.78 is 3.35. The fraction of sp³-hybridized carbons (Fsp3) is 0.350. The van der Waals surface area contributed by atoms with Crippen LogP contribution in [0.2, 0.25) is 0 Å². The summed E-state index contributed by atoms with van der Waals surface area (Å²) in [5.41, 5.74) is 3.26. The molecule has 29 heavy (non-hydrogen) atoms. The number of hydrogen-bond donors (Lipinski definition) is 1. The van der Waals surface area contributed by atoms with Crippen molar-refractivity contribution in [1.29, 1.82) is 0 Å². The Labute approximate surface area is 168 Å². The molecule has 3 rings (SSSR count). The second-order valence-electron chi connectivity index (χ2n) is 7.04. The molecule has 0 radical (unpaired) electrons. The molecule has 0 spiro atoms. The molecule has 0 aliphatic carbocycles. The number of carbonyl (C=O) groups is 1. The van der Waals surface area contributed by atoms with Crippen LogP contribution in [0.4, 0.5) is 11.5 Å². The number of carbonyl (C=O) groups excluding carboxylic acids is 1. The lowest BCUT2D eigenvalue weighted by Crippen LogP contribution is -2.14. The lowest BCUT2D eigenvalue weighted by Gasteiger charge is -2.05. The molecule has 152 valence electrons. The molecule has 0 fully saturated rings. The third-order valence-corrected chi connectivity index (χ3v) is 4.67. The van der Waals surface area contributed by atoms with Gasteiger partial charge in [-0.3, -0.25) is 24.3 Å². The van der Waals surface area contributed by atoms with Crippen LogP contribution in [0, 0.1) is 30.9 Å². The second-order valence-corrected chi connectivity index (χ2v) is 7.04. The largest absolute Gasteiger partial charge is 0.312 e. The molecule has 2 heterocycles. The maximum Gasteiger partial charge on any atom is 0.312 e. The predicted molar refractivity (Wildman–Crippen MR) is 109 cm³/mol. The van der Waals surface area contributed by atoms with Crippen LogP contribution in [0.25, 0.3) is 0 Å². The molecular formula is C20H24N6O3. The van der Waals surface area contributed by atoms with Crippen LogP contribution < -0.4 is 5.32 Å². The highest BCUT2D eigenvalue weighted by Gasteiger charge is 2.21. The maximum atomic E-state index is 12.2. The number of aromatic nitrogens is 4. The van der Waals surface area contributed by atoms with E-state index in [0.717, 1.165) is 5.56 Å². The molecule has 0 bridgehead atoms. The number of anilines is 1. The zero-order chi connectivity index (χ0) is 21.0. The number of amides is 1. The number of hydrogen-bond acceptors (Lipinski definition) is 5. The van der Waals surface area contributed by atoms with Crippen LogP contribution in [0.3, 0.4) is 0 Å². The summed E-state index contributed by atoms with van der Waals surface area (Å²) in [5, 5.41) is 22.4. The van der Waals surface area contributed by atoms with Gasteiger partial charge in [-0.25, -0.2) is 0 Å². The average Bonchev–Trinajstić information content (AvgIpc) is 3.20. The van der Waals surface area contributed by atoms with Crippen molar-refractivity contribution in [1.82, 2.24) is 19.6 Å². The van der Waals surface area contributed by atoms with E-state index in [4.69, 9.17) is 0 Å². The van der Waals surface area contributed by atoms with E-state index in [1.54, 1.807) is 29.3 Å². The summed E-state index contributed by atoms with van der Waals surface area (Å²) in [6.45, 7) is 6.39. The van der Waals surface area contributed by atoms with Gasteiger partial charge in [0.05, 0.1) is 11.5 Å². The molecule has 0 atom stereocenters. The second kappa shape index (κ2) is 8.68. The third kappa shape index (κ3) is 5.07. The molecular weight excluding hydrogens is 372 g/mol. The fourth-order valence-electron chi connectivity index (χ4n) is 3.16. The number of nitrogens with one attached hydrogen (secondary N) is 1. The zero-order valence-electron chi connectivity index (χ0n) is 16.8. The molecule has 1 amide bonds. The van der Waals surface area contributed by atoms with Crippen molar-refractivity contribution in [2.24, 2.45) is 0 Å². The first-order valence-corrected chi connectivity index (χ1v) is 9.40. The Morgan fingerprint density at radius 1 is 1.14 bits per heavy atom. The topological polar surface area (TPSA) is 108 Å². The molecule has 0 aliphatic heterocycles. The van der Waals surface area contributed by atoms with Crippen molar-refractivity contribution < 1.29 is 9.72 Å². The first kappa shape index (κ1) is 20.2. The minimum absolute atomic E-state index is 0.0357. The van der Waals surface area contributed by atoms with Gasteiger partial charge in [0.2, 0.25) is 5.91 Å². The summed E-state index contributed by atoms with van der Waals surface area (Å²) >= 11 is 0. The quantitative estimate of drug-likeness (QED) is 0.464. The SMILES string of the molecule is Cc1ccc(Cn2ccc(NC(=O)CCCn3nc(C)c([N+](=O)[O-])c3C)n2)cc1. The molecule has 2 aromatic heterocycles. The number of nitrogens with zero attached hydrogens (tertiary/aromatic N) is 5. The van der Waals surface area contributed by atoms with Crippen molar-refractivity contribution in [2.45, 2.75) is 46.7 Å². The molecule has 1 N–H and O–H groups in total. The minimum Gasteiger partial charge on any atom is -0.309 e. The highest BCUT2D eigenvalue weighted by atomic mass is 16.6. The first-order valence-electron chi connectivity index (χ1n) is 9.40. The first-order chi connectivity index (χ1) is 13.8. The van der Waals surface area contributed by atoms with Gasteiger partial charge < -0.3 is 5.32 Å². The van der Waals surface area contributed by atoms with Gasteiger partial charge in [-0.1, -0.05) is 29.8 Å². The van der Waals surface area contributed by atoms with E-state index < -0.39 is 4.92 Å². The van der Waals surface area contributed by atoms with E-state index in [2.05, 4.69) is 39.8 Å². The smallest absolute Gasteiger partial charge is 0.309 e. The van der Waals surface area contributed by atoms with Gasteiger partial charge in [0.15, 0.2) is 5.82 Å². The van der Waals surface area contributed by atoms with Crippen LogP contribution >= 0.6 is 0 Å². The summed E-state index contributed by atoms with van der Waals surface area (Å²) in [6, 6.07) is 9.98. The van der Waals surface area contributed by atoms with E-state index in [1.165, 1.54) is 5.56 Å².